The summed E-state index contributed by atoms with van der Waals surface area (Å²) in [6, 6.07) is 6.07. The molecule has 0 spiro atoms. The second-order valence-electron chi connectivity index (χ2n) is 4.85. The predicted octanol–water partition coefficient (Wildman–Crippen LogP) is 3.72. The average Bonchev–Trinajstić information content (AvgIpc) is 3.21. The van der Waals surface area contributed by atoms with Crippen LogP contribution in [0.2, 0.25) is 5.15 Å². The molecule has 6 heteroatoms. The highest BCUT2D eigenvalue weighted by Crippen LogP contribution is 2.39. The van der Waals surface area contributed by atoms with E-state index >= 15 is 0 Å². The molecule has 20 heavy (non-hydrogen) atoms. The average molecular weight is 358 g/mol. The summed E-state index contributed by atoms with van der Waals surface area (Å²) in [5, 5.41) is 0.214. The van der Waals surface area contributed by atoms with Crippen LogP contribution in [0, 0.1) is 5.82 Å². The van der Waals surface area contributed by atoms with Crippen LogP contribution in [0.25, 0.3) is 0 Å². The SMILES string of the molecule is O=c1cc(Cl)nc(C2CC2)n1Cc1cccc(F)c1Br. The van der Waals surface area contributed by atoms with Crippen LogP contribution >= 0.6 is 27.5 Å². The van der Waals surface area contributed by atoms with Gasteiger partial charge in [-0.25, -0.2) is 9.37 Å². The van der Waals surface area contributed by atoms with Crippen LogP contribution in [0.1, 0.15) is 30.1 Å². The Balaban J connectivity index is 2.06. The molecule has 3 rings (SSSR count). The summed E-state index contributed by atoms with van der Waals surface area (Å²) in [5.74, 6) is 0.637. The topological polar surface area (TPSA) is 34.9 Å². The molecule has 0 unspecified atom stereocenters. The third kappa shape index (κ3) is 2.65. The fraction of sp³-hybridized carbons (Fsp3) is 0.286. The van der Waals surface area contributed by atoms with Gasteiger partial charge in [0.15, 0.2) is 0 Å². The number of rotatable bonds is 3. The molecule has 0 radical (unpaired) electrons. The zero-order valence-corrected chi connectivity index (χ0v) is 12.8. The Morgan fingerprint density at radius 2 is 2.20 bits per heavy atom. The molecule has 1 fully saturated rings. The van der Waals surface area contributed by atoms with Crippen molar-refractivity contribution in [2.45, 2.75) is 25.3 Å². The Morgan fingerprint density at radius 3 is 2.90 bits per heavy atom. The van der Waals surface area contributed by atoms with Gasteiger partial charge in [0.25, 0.3) is 5.56 Å². The van der Waals surface area contributed by atoms with Gasteiger partial charge < -0.3 is 0 Å². The van der Waals surface area contributed by atoms with E-state index in [1.54, 1.807) is 16.7 Å². The second-order valence-corrected chi connectivity index (χ2v) is 6.03. The lowest BCUT2D eigenvalue weighted by atomic mass is 10.2. The number of hydrogen-bond donors (Lipinski definition) is 0. The number of aromatic nitrogens is 2. The maximum atomic E-state index is 13.5. The number of halogens is 3. The van der Waals surface area contributed by atoms with Gasteiger partial charge >= 0.3 is 0 Å². The lowest BCUT2D eigenvalue weighted by molar-refractivity contribution is 0.610. The minimum Gasteiger partial charge on any atom is -0.292 e. The van der Waals surface area contributed by atoms with E-state index in [1.165, 1.54) is 12.1 Å². The van der Waals surface area contributed by atoms with E-state index in [0.717, 1.165) is 12.8 Å². The number of hydrogen-bond acceptors (Lipinski definition) is 2. The first-order valence-corrected chi connectivity index (χ1v) is 7.43. The van der Waals surface area contributed by atoms with Crippen molar-refractivity contribution in [3.8, 4) is 0 Å². The summed E-state index contributed by atoms with van der Waals surface area (Å²) in [6.45, 7) is 0.285. The molecule has 1 saturated carbocycles. The largest absolute Gasteiger partial charge is 0.292 e. The molecular formula is C14H11BrClFN2O. The Bertz CT molecular complexity index is 728. The molecule has 104 valence electrons. The molecule has 0 amide bonds. The highest BCUT2D eigenvalue weighted by atomic mass is 79.9. The molecule has 1 aromatic carbocycles. The Morgan fingerprint density at radius 1 is 1.45 bits per heavy atom. The zero-order valence-electron chi connectivity index (χ0n) is 10.4. The minimum absolute atomic E-state index is 0.205. The highest BCUT2D eigenvalue weighted by molar-refractivity contribution is 9.10. The molecule has 0 atom stereocenters. The van der Waals surface area contributed by atoms with Crippen LogP contribution in [0.4, 0.5) is 4.39 Å². The van der Waals surface area contributed by atoms with Crippen LogP contribution in [-0.4, -0.2) is 9.55 Å². The van der Waals surface area contributed by atoms with E-state index in [0.29, 0.717) is 15.9 Å². The van der Waals surface area contributed by atoms with Gasteiger partial charge in [-0.3, -0.25) is 9.36 Å². The third-order valence-electron chi connectivity index (χ3n) is 3.31. The van der Waals surface area contributed by atoms with Crippen LogP contribution in [0.15, 0.2) is 33.5 Å². The molecule has 0 bridgehead atoms. The monoisotopic (exact) mass is 356 g/mol. The molecule has 0 saturated heterocycles. The number of benzene rings is 1. The van der Waals surface area contributed by atoms with Crippen LogP contribution < -0.4 is 5.56 Å². The molecule has 0 N–H and O–H groups in total. The lowest BCUT2D eigenvalue weighted by Crippen LogP contribution is -2.25. The standard InChI is InChI=1S/C14H11BrClFN2O/c15-13-9(2-1-3-10(13)17)7-19-12(20)6-11(16)18-14(19)8-4-5-8/h1-3,6,8H,4-5,7H2. The quantitative estimate of drug-likeness (QED) is 0.785. The van der Waals surface area contributed by atoms with Gasteiger partial charge in [0.05, 0.1) is 11.0 Å². The smallest absolute Gasteiger partial charge is 0.255 e. The normalized spacial score (nSPS) is 14.6. The van der Waals surface area contributed by atoms with E-state index in [2.05, 4.69) is 20.9 Å². The number of nitrogens with zero attached hydrogens (tertiary/aromatic N) is 2. The van der Waals surface area contributed by atoms with E-state index in [9.17, 15) is 9.18 Å². The first-order valence-electron chi connectivity index (χ1n) is 6.26. The maximum Gasteiger partial charge on any atom is 0.255 e. The van der Waals surface area contributed by atoms with Crippen molar-refractivity contribution >= 4 is 27.5 Å². The van der Waals surface area contributed by atoms with E-state index in [4.69, 9.17) is 11.6 Å². The van der Waals surface area contributed by atoms with Crippen molar-refractivity contribution in [2.75, 3.05) is 0 Å². The molecule has 3 nitrogen and oxygen atoms in total. The predicted molar refractivity (Wildman–Crippen MR) is 78.7 cm³/mol. The van der Waals surface area contributed by atoms with E-state index in [-0.39, 0.29) is 29.0 Å². The Hall–Kier alpha value is -1.20. The molecular weight excluding hydrogens is 347 g/mol. The van der Waals surface area contributed by atoms with Crippen molar-refractivity contribution in [3.63, 3.8) is 0 Å². The van der Waals surface area contributed by atoms with Crippen molar-refractivity contribution in [2.24, 2.45) is 0 Å². The van der Waals surface area contributed by atoms with Crippen LogP contribution in [0.5, 0.6) is 0 Å². The lowest BCUT2D eigenvalue weighted by Gasteiger charge is -2.13. The van der Waals surface area contributed by atoms with Gasteiger partial charge in [-0.15, -0.1) is 0 Å². The fourth-order valence-electron chi connectivity index (χ4n) is 2.15. The third-order valence-corrected chi connectivity index (χ3v) is 4.39. The van der Waals surface area contributed by atoms with Crippen LogP contribution in [-0.2, 0) is 6.54 Å². The molecule has 2 aromatic rings. The summed E-state index contributed by atoms with van der Waals surface area (Å²) in [5.41, 5.74) is 0.501. The Labute approximate surface area is 128 Å². The molecule has 0 aliphatic heterocycles. The van der Waals surface area contributed by atoms with Gasteiger partial charge in [0.2, 0.25) is 0 Å². The maximum absolute atomic E-state index is 13.5. The first kappa shape index (κ1) is 13.8. The van der Waals surface area contributed by atoms with E-state index in [1.807, 2.05) is 0 Å². The molecule has 1 aliphatic rings. The van der Waals surface area contributed by atoms with Crippen molar-refractivity contribution in [3.05, 3.63) is 61.5 Å². The minimum atomic E-state index is -0.342. The fourth-order valence-corrected chi connectivity index (χ4v) is 2.72. The van der Waals surface area contributed by atoms with Crippen molar-refractivity contribution in [1.82, 2.24) is 9.55 Å². The highest BCUT2D eigenvalue weighted by Gasteiger charge is 2.29. The Kier molecular flexibility index (Phi) is 3.65. The van der Waals surface area contributed by atoms with Crippen LogP contribution in [0.3, 0.4) is 0 Å². The molecule has 1 aromatic heterocycles. The summed E-state index contributed by atoms with van der Waals surface area (Å²) < 4.78 is 15.5. The first-order chi connectivity index (χ1) is 9.56. The van der Waals surface area contributed by atoms with Crippen molar-refractivity contribution < 1.29 is 4.39 Å². The van der Waals surface area contributed by atoms with Gasteiger partial charge in [-0.05, 0) is 40.4 Å². The summed E-state index contributed by atoms with van der Waals surface area (Å²) >= 11 is 9.08. The molecule has 1 heterocycles. The van der Waals surface area contributed by atoms with Gasteiger partial charge in [-0.2, -0.15) is 0 Å². The summed E-state index contributed by atoms with van der Waals surface area (Å²) in [6.07, 6.45) is 2.02. The van der Waals surface area contributed by atoms with Gasteiger partial charge in [0, 0.05) is 12.0 Å². The second kappa shape index (κ2) is 5.30. The van der Waals surface area contributed by atoms with Crippen molar-refractivity contribution in [1.29, 1.82) is 0 Å². The summed E-state index contributed by atoms with van der Waals surface area (Å²) in [7, 11) is 0. The zero-order chi connectivity index (χ0) is 14.3. The van der Waals surface area contributed by atoms with Gasteiger partial charge in [0.1, 0.15) is 16.8 Å². The molecule has 1 aliphatic carbocycles. The van der Waals surface area contributed by atoms with Gasteiger partial charge in [-0.1, -0.05) is 23.7 Å². The van der Waals surface area contributed by atoms with E-state index < -0.39 is 0 Å². The summed E-state index contributed by atoms with van der Waals surface area (Å²) in [4.78, 5) is 16.4.